The Balaban J connectivity index is 1.79. The second kappa shape index (κ2) is 9.14. The highest BCUT2D eigenvalue weighted by Gasteiger charge is 2.42. The van der Waals surface area contributed by atoms with Crippen LogP contribution in [0.1, 0.15) is 81.7 Å². The third-order valence-electron chi connectivity index (χ3n) is 5.95. The van der Waals surface area contributed by atoms with Crippen LogP contribution in [0, 0.1) is 0 Å². The first kappa shape index (κ1) is 23.2. The predicted molar refractivity (Wildman–Crippen MR) is 130 cm³/mol. The predicted octanol–water partition coefficient (Wildman–Crippen LogP) is 5.96. The van der Waals surface area contributed by atoms with Gasteiger partial charge in [-0.05, 0) is 47.2 Å². The minimum absolute atomic E-state index is 0.0503. The zero-order valence-corrected chi connectivity index (χ0v) is 19.9. The first-order chi connectivity index (χ1) is 16.2. The Morgan fingerprint density at radius 1 is 0.794 bits per heavy atom. The van der Waals surface area contributed by atoms with Crippen molar-refractivity contribution in [3.8, 4) is 11.5 Å². The summed E-state index contributed by atoms with van der Waals surface area (Å²) in [6, 6.07) is 17.1. The lowest BCUT2D eigenvalue weighted by molar-refractivity contribution is 0.0729. The van der Waals surface area contributed by atoms with Crippen molar-refractivity contribution in [2.24, 2.45) is 0 Å². The molecular weight excluding hydrogens is 430 g/mol. The molecule has 0 aromatic heterocycles. The van der Waals surface area contributed by atoms with Crippen molar-refractivity contribution in [3.05, 3.63) is 88.5 Å². The number of imide groups is 1. The summed E-state index contributed by atoms with van der Waals surface area (Å²) in [5.74, 6) is -0.671. The number of ether oxygens (including phenoxy) is 2. The molecule has 2 amide bonds. The van der Waals surface area contributed by atoms with E-state index in [1.54, 1.807) is 36.4 Å². The zero-order valence-electron chi connectivity index (χ0n) is 19.9. The van der Waals surface area contributed by atoms with E-state index in [0.29, 0.717) is 11.4 Å². The van der Waals surface area contributed by atoms with Crippen LogP contribution >= 0.6 is 0 Å². The van der Waals surface area contributed by atoms with E-state index in [0.717, 1.165) is 11.1 Å². The van der Waals surface area contributed by atoms with Gasteiger partial charge in [-0.15, -0.1) is 0 Å². The van der Waals surface area contributed by atoms with Gasteiger partial charge in [0.05, 0.1) is 29.5 Å². The van der Waals surface area contributed by atoms with Gasteiger partial charge in [-0.2, -0.15) is 0 Å². The van der Waals surface area contributed by atoms with Crippen molar-refractivity contribution in [2.45, 2.75) is 39.5 Å². The maximum atomic E-state index is 13.7. The molecule has 0 atom stereocenters. The number of esters is 1. The summed E-state index contributed by atoms with van der Waals surface area (Å²) < 4.78 is 10.7. The first-order valence-electron chi connectivity index (χ1n) is 11.2. The summed E-state index contributed by atoms with van der Waals surface area (Å²) in [6.07, 6.45) is 0. The number of hydrogen-bond donors (Lipinski definition) is 0. The van der Waals surface area contributed by atoms with Gasteiger partial charge in [-0.1, -0.05) is 58.0 Å². The number of methoxy groups -OCH3 is 1. The summed E-state index contributed by atoms with van der Waals surface area (Å²) in [5.41, 5.74) is 2.72. The molecule has 174 valence electrons. The van der Waals surface area contributed by atoms with Gasteiger partial charge < -0.3 is 9.47 Å². The molecule has 3 aromatic rings. The number of nitrogens with zero attached hydrogens (tertiary/aromatic N) is 1. The number of carbonyl (C=O) groups excluding carboxylic acids is 3. The van der Waals surface area contributed by atoms with Crippen LogP contribution in [0.15, 0.2) is 60.7 Å². The monoisotopic (exact) mass is 457 g/mol. The summed E-state index contributed by atoms with van der Waals surface area (Å²) in [7, 11) is 1.52. The molecule has 0 bridgehead atoms. The van der Waals surface area contributed by atoms with Crippen LogP contribution in [0.2, 0.25) is 0 Å². The van der Waals surface area contributed by atoms with Crippen LogP contribution in [0.4, 0.5) is 5.69 Å². The fourth-order valence-corrected chi connectivity index (χ4v) is 4.26. The van der Waals surface area contributed by atoms with Crippen LogP contribution < -0.4 is 14.4 Å². The van der Waals surface area contributed by atoms with E-state index >= 15 is 0 Å². The summed E-state index contributed by atoms with van der Waals surface area (Å²) in [5, 5.41) is 0. The molecule has 0 N–H and O–H groups in total. The lowest BCUT2D eigenvalue weighted by atomic mass is 9.92. The van der Waals surface area contributed by atoms with E-state index in [-0.39, 0.29) is 34.3 Å². The van der Waals surface area contributed by atoms with Crippen molar-refractivity contribution in [3.63, 3.8) is 0 Å². The quantitative estimate of drug-likeness (QED) is 0.259. The van der Waals surface area contributed by atoms with Gasteiger partial charge in [0.1, 0.15) is 11.5 Å². The van der Waals surface area contributed by atoms with Gasteiger partial charge in [0.2, 0.25) is 0 Å². The molecule has 3 aromatic carbocycles. The Hall–Kier alpha value is -3.93. The Morgan fingerprint density at radius 3 is 2.00 bits per heavy atom. The van der Waals surface area contributed by atoms with Crippen molar-refractivity contribution >= 4 is 23.5 Å². The molecule has 1 aliphatic heterocycles. The maximum Gasteiger partial charge on any atom is 0.344 e. The van der Waals surface area contributed by atoms with Crippen LogP contribution in [0.3, 0.4) is 0 Å². The van der Waals surface area contributed by atoms with Gasteiger partial charge in [-0.25, -0.2) is 9.69 Å². The van der Waals surface area contributed by atoms with Crippen LogP contribution in [-0.4, -0.2) is 24.9 Å². The minimum Gasteiger partial charge on any atom is -0.497 e. The SMILES string of the molecule is COc1cccc(OC(=O)c2cccc3c2C(=O)N(c2c(C(C)C)cccc2C(C)C)C3=O)c1. The fourth-order valence-electron chi connectivity index (χ4n) is 4.26. The maximum absolute atomic E-state index is 13.7. The van der Waals surface area contributed by atoms with Gasteiger partial charge in [-0.3, -0.25) is 9.59 Å². The number of benzene rings is 3. The number of fused-ring (bicyclic) bond motifs is 1. The summed E-state index contributed by atoms with van der Waals surface area (Å²) in [4.78, 5) is 41.5. The topological polar surface area (TPSA) is 72.9 Å². The van der Waals surface area contributed by atoms with Crippen molar-refractivity contribution in [1.82, 2.24) is 0 Å². The number of carbonyl (C=O) groups is 3. The molecule has 0 aliphatic carbocycles. The Labute approximate surface area is 199 Å². The van der Waals surface area contributed by atoms with Crippen molar-refractivity contribution in [1.29, 1.82) is 0 Å². The molecule has 1 aliphatic rings. The third-order valence-corrected chi connectivity index (χ3v) is 5.95. The normalized spacial score (nSPS) is 13.0. The molecule has 0 fully saturated rings. The lowest BCUT2D eigenvalue weighted by Crippen LogP contribution is -2.32. The Bertz CT molecular complexity index is 1270. The van der Waals surface area contributed by atoms with E-state index in [1.807, 2.05) is 45.9 Å². The lowest BCUT2D eigenvalue weighted by Gasteiger charge is -2.25. The summed E-state index contributed by atoms with van der Waals surface area (Å²) >= 11 is 0. The summed E-state index contributed by atoms with van der Waals surface area (Å²) in [6.45, 7) is 8.10. The van der Waals surface area contributed by atoms with Gasteiger partial charge >= 0.3 is 5.97 Å². The number of amides is 2. The second-order valence-electron chi connectivity index (χ2n) is 8.84. The molecule has 0 radical (unpaired) electrons. The second-order valence-corrected chi connectivity index (χ2v) is 8.84. The average Bonchev–Trinajstić information content (AvgIpc) is 3.08. The first-order valence-corrected chi connectivity index (χ1v) is 11.2. The molecule has 4 rings (SSSR count). The van der Waals surface area contributed by atoms with Gasteiger partial charge in [0.25, 0.3) is 11.8 Å². The highest BCUT2D eigenvalue weighted by molar-refractivity contribution is 6.36. The van der Waals surface area contributed by atoms with Crippen molar-refractivity contribution < 1.29 is 23.9 Å². The molecule has 0 saturated heterocycles. The number of rotatable bonds is 6. The van der Waals surface area contributed by atoms with Crippen LogP contribution in [0.5, 0.6) is 11.5 Å². The number of anilines is 1. The molecule has 6 heteroatoms. The van der Waals surface area contributed by atoms with Crippen LogP contribution in [-0.2, 0) is 0 Å². The Morgan fingerprint density at radius 2 is 1.38 bits per heavy atom. The molecule has 6 nitrogen and oxygen atoms in total. The molecule has 0 saturated carbocycles. The molecule has 0 spiro atoms. The van der Waals surface area contributed by atoms with E-state index in [1.165, 1.54) is 18.1 Å². The van der Waals surface area contributed by atoms with Crippen LogP contribution in [0.25, 0.3) is 0 Å². The standard InChI is InChI=1S/C28H27NO5/c1-16(2)20-11-7-12-21(17(3)4)25(20)29-26(30)22-13-8-14-23(24(22)27(29)31)28(32)34-19-10-6-9-18(15-19)33-5/h6-17H,1-5H3. The van der Waals surface area contributed by atoms with E-state index in [9.17, 15) is 14.4 Å². The molecular formula is C28H27NO5. The third kappa shape index (κ3) is 3.96. The van der Waals surface area contributed by atoms with E-state index in [4.69, 9.17) is 9.47 Å². The smallest absolute Gasteiger partial charge is 0.344 e. The molecule has 1 heterocycles. The fraction of sp³-hybridized carbons (Fsp3) is 0.250. The largest absolute Gasteiger partial charge is 0.497 e. The van der Waals surface area contributed by atoms with E-state index < -0.39 is 17.8 Å². The van der Waals surface area contributed by atoms with Gasteiger partial charge in [0.15, 0.2) is 0 Å². The average molecular weight is 458 g/mol. The minimum atomic E-state index is -0.714. The van der Waals surface area contributed by atoms with Gasteiger partial charge in [0, 0.05) is 6.07 Å². The molecule has 34 heavy (non-hydrogen) atoms. The highest BCUT2D eigenvalue weighted by Crippen LogP contribution is 2.40. The zero-order chi connectivity index (χ0) is 24.6. The van der Waals surface area contributed by atoms with Crippen molar-refractivity contribution in [2.75, 3.05) is 12.0 Å². The Kier molecular flexibility index (Phi) is 6.24. The highest BCUT2D eigenvalue weighted by atomic mass is 16.5. The van der Waals surface area contributed by atoms with E-state index in [2.05, 4.69) is 0 Å². The number of hydrogen-bond acceptors (Lipinski definition) is 5. The number of para-hydroxylation sites is 1. The molecule has 0 unspecified atom stereocenters.